The van der Waals surface area contributed by atoms with Gasteiger partial charge in [0.1, 0.15) is 10.7 Å². The standard InChI is InChI=1S/C19H22ClFN4O4S/c1-12-10-25-17(18(9-22-25)30(27,28)14-4-6-29-7-5-14)11-24(12)19(26)23-13-2-3-16(21)15(20)8-13/h2-3,8-9,12,14H,4-7,10-11H2,1H3,(H,23,26)/t12-/m0/s1. The zero-order valence-corrected chi connectivity index (χ0v) is 17.9. The zero-order chi connectivity index (χ0) is 21.5. The van der Waals surface area contributed by atoms with Gasteiger partial charge in [0.25, 0.3) is 0 Å². The van der Waals surface area contributed by atoms with Gasteiger partial charge in [0.15, 0.2) is 9.84 Å². The Balaban J connectivity index is 1.57. The number of benzene rings is 1. The highest BCUT2D eigenvalue weighted by molar-refractivity contribution is 7.92. The van der Waals surface area contributed by atoms with Crippen molar-refractivity contribution in [2.75, 3.05) is 18.5 Å². The van der Waals surface area contributed by atoms with Crippen molar-refractivity contribution in [1.29, 1.82) is 0 Å². The molecular weight excluding hydrogens is 435 g/mol. The van der Waals surface area contributed by atoms with Gasteiger partial charge in [-0.25, -0.2) is 17.6 Å². The van der Waals surface area contributed by atoms with Crippen LogP contribution >= 0.6 is 11.6 Å². The Bertz CT molecular complexity index is 1070. The molecule has 162 valence electrons. The minimum Gasteiger partial charge on any atom is -0.381 e. The first-order valence-corrected chi connectivity index (χ1v) is 11.6. The van der Waals surface area contributed by atoms with Crippen LogP contribution < -0.4 is 5.32 Å². The molecule has 1 atom stereocenters. The summed E-state index contributed by atoms with van der Waals surface area (Å²) in [5.74, 6) is -0.576. The minimum absolute atomic E-state index is 0.0950. The number of amides is 2. The van der Waals surface area contributed by atoms with Gasteiger partial charge in [-0.05, 0) is 38.0 Å². The van der Waals surface area contributed by atoms with E-state index in [1.54, 1.807) is 4.68 Å². The summed E-state index contributed by atoms with van der Waals surface area (Å²) < 4.78 is 46.6. The molecule has 11 heteroatoms. The molecule has 1 aromatic carbocycles. The summed E-state index contributed by atoms with van der Waals surface area (Å²) in [6, 6.07) is 3.28. The Morgan fingerprint density at radius 1 is 1.33 bits per heavy atom. The predicted molar refractivity (Wildman–Crippen MR) is 109 cm³/mol. The molecule has 1 aromatic heterocycles. The third-order valence-corrected chi connectivity index (χ3v) is 8.14. The van der Waals surface area contributed by atoms with Crippen LogP contribution in [0, 0.1) is 5.82 Å². The number of rotatable bonds is 3. The van der Waals surface area contributed by atoms with Gasteiger partial charge in [0.2, 0.25) is 0 Å². The molecule has 0 aliphatic carbocycles. The lowest BCUT2D eigenvalue weighted by atomic mass is 10.2. The van der Waals surface area contributed by atoms with E-state index in [9.17, 15) is 17.6 Å². The number of halogens is 2. The van der Waals surface area contributed by atoms with E-state index in [1.807, 2.05) is 6.92 Å². The highest BCUT2D eigenvalue weighted by Gasteiger charge is 2.37. The number of fused-ring (bicyclic) bond motifs is 1. The second-order valence-electron chi connectivity index (χ2n) is 7.53. The van der Waals surface area contributed by atoms with Crippen LogP contribution in [0.3, 0.4) is 0 Å². The van der Waals surface area contributed by atoms with Gasteiger partial charge < -0.3 is 15.0 Å². The van der Waals surface area contributed by atoms with Crippen LogP contribution in [0.15, 0.2) is 29.3 Å². The van der Waals surface area contributed by atoms with Crippen LogP contribution in [-0.4, -0.2) is 53.6 Å². The molecule has 1 saturated heterocycles. The molecule has 0 radical (unpaired) electrons. The first-order valence-electron chi connectivity index (χ1n) is 9.66. The van der Waals surface area contributed by atoms with Crippen LogP contribution in [0.1, 0.15) is 25.5 Å². The highest BCUT2D eigenvalue weighted by Crippen LogP contribution is 2.30. The molecule has 0 saturated carbocycles. The predicted octanol–water partition coefficient (Wildman–Crippen LogP) is 3.06. The average molecular weight is 457 g/mol. The number of ether oxygens (including phenoxy) is 1. The normalized spacial score (nSPS) is 20.1. The number of urea groups is 1. The Morgan fingerprint density at radius 3 is 2.77 bits per heavy atom. The lowest BCUT2D eigenvalue weighted by Gasteiger charge is -2.34. The molecule has 2 aliphatic heterocycles. The van der Waals surface area contributed by atoms with Crippen LogP contribution in [0.2, 0.25) is 5.02 Å². The summed E-state index contributed by atoms with van der Waals surface area (Å²) >= 11 is 5.78. The summed E-state index contributed by atoms with van der Waals surface area (Å²) in [5, 5.41) is 6.35. The Morgan fingerprint density at radius 2 is 2.07 bits per heavy atom. The van der Waals surface area contributed by atoms with E-state index in [1.165, 1.54) is 29.3 Å². The highest BCUT2D eigenvalue weighted by atomic mass is 35.5. The average Bonchev–Trinajstić information content (AvgIpc) is 3.14. The minimum atomic E-state index is -3.58. The Kier molecular flexibility index (Phi) is 5.73. The zero-order valence-electron chi connectivity index (χ0n) is 16.3. The number of anilines is 1. The van der Waals surface area contributed by atoms with Crippen LogP contribution in [0.4, 0.5) is 14.9 Å². The molecule has 8 nitrogen and oxygen atoms in total. The number of hydrogen-bond acceptors (Lipinski definition) is 5. The van der Waals surface area contributed by atoms with E-state index < -0.39 is 26.9 Å². The maximum atomic E-state index is 13.4. The van der Waals surface area contributed by atoms with Gasteiger partial charge in [-0.15, -0.1) is 0 Å². The number of nitrogens with zero attached hydrogens (tertiary/aromatic N) is 3. The molecular formula is C19H22ClFN4O4S. The molecule has 30 heavy (non-hydrogen) atoms. The van der Waals surface area contributed by atoms with Crippen LogP contribution in [-0.2, 0) is 27.7 Å². The maximum Gasteiger partial charge on any atom is 0.322 e. The fraction of sp³-hybridized carbons (Fsp3) is 0.474. The molecule has 2 aliphatic rings. The van der Waals surface area contributed by atoms with Crippen molar-refractivity contribution in [3.05, 3.63) is 40.9 Å². The fourth-order valence-electron chi connectivity index (χ4n) is 3.82. The first kappa shape index (κ1) is 21.1. The van der Waals surface area contributed by atoms with Crippen molar-refractivity contribution >= 4 is 33.2 Å². The van der Waals surface area contributed by atoms with Gasteiger partial charge in [0, 0.05) is 18.9 Å². The summed E-state index contributed by atoms with van der Waals surface area (Å²) in [6.07, 6.45) is 2.27. The summed E-state index contributed by atoms with van der Waals surface area (Å²) in [4.78, 5) is 14.6. The monoisotopic (exact) mass is 456 g/mol. The van der Waals surface area contributed by atoms with Gasteiger partial charge >= 0.3 is 6.03 Å². The molecule has 0 unspecified atom stereocenters. The van der Waals surface area contributed by atoms with Gasteiger partial charge in [-0.1, -0.05) is 11.6 Å². The van der Waals surface area contributed by atoms with Crippen LogP contribution in [0.5, 0.6) is 0 Å². The lowest BCUT2D eigenvalue weighted by Crippen LogP contribution is -2.47. The SMILES string of the molecule is C[C@H]1Cn2ncc(S(=O)(=O)C3CCOCC3)c2CN1C(=O)Nc1ccc(F)c(Cl)c1. The molecule has 0 spiro atoms. The van der Waals surface area contributed by atoms with Crippen LogP contribution in [0.25, 0.3) is 0 Å². The summed E-state index contributed by atoms with van der Waals surface area (Å²) in [6.45, 7) is 3.16. The number of carbonyl (C=O) groups is 1. The van der Waals surface area contributed by atoms with E-state index >= 15 is 0 Å². The molecule has 2 amide bonds. The Hall–Kier alpha value is -2.17. The molecule has 4 rings (SSSR count). The number of hydrogen-bond donors (Lipinski definition) is 1. The maximum absolute atomic E-state index is 13.4. The smallest absolute Gasteiger partial charge is 0.322 e. The van der Waals surface area contributed by atoms with E-state index in [2.05, 4.69) is 10.4 Å². The van der Waals surface area contributed by atoms with Crippen molar-refractivity contribution in [2.45, 2.75) is 49.0 Å². The number of carbonyl (C=O) groups excluding carboxylic acids is 1. The molecule has 2 aromatic rings. The van der Waals surface area contributed by atoms with Crippen molar-refractivity contribution in [2.24, 2.45) is 0 Å². The van der Waals surface area contributed by atoms with E-state index in [-0.39, 0.29) is 22.5 Å². The van der Waals surface area contributed by atoms with E-state index in [0.717, 1.165) is 0 Å². The summed E-state index contributed by atoms with van der Waals surface area (Å²) in [5.41, 5.74) is 0.847. The van der Waals surface area contributed by atoms with Crippen molar-refractivity contribution in [3.8, 4) is 0 Å². The van der Waals surface area contributed by atoms with Gasteiger partial charge in [-0.2, -0.15) is 5.10 Å². The first-order chi connectivity index (χ1) is 14.3. The third-order valence-electron chi connectivity index (χ3n) is 5.55. The second kappa shape index (κ2) is 8.16. The van der Waals surface area contributed by atoms with Crippen molar-refractivity contribution < 1.29 is 22.3 Å². The lowest BCUT2D eigenvalue weighted by molar-refractivity contribution is 0.0983. The van der Waals surface area contributed by atoms with E-state index in [4.69, 9.17) is 16.3 Å². The van der Waals surface area contributed by atoms with Crippen molar-refractivity contribution in [3.63, 3.8) is 0 Å². The Labute approximate surface area is 178 Å². The van der Waals surface area contributed by atoms with Gasteiger partial charge in [-0.3, -0.25) is 4.68 Å². The van der Waals surface area contributed by atoms with E-state index in [0.29, 0.717) is 44.0 Å². The topological polar surface area (TPSA) is 93.5 Å². The third kappa shape index (κ3) is 3.91. The second-order valence-corrected chi connectivity index (χ2v) is 10.1. The molecule has 1 fully saturated rings. The van der Waals surface area contributed by atoms with Gasteiger partial charge in [0.05, 0.1) is 41.3 Å². The molecule has 3 heterocycles. The quantitative estimate of drug-likeness (QED) is 0.766. The summed E-state index contributed by atoms with van der Waals surface area (Å²) in [7, 11) is -3.58. The largest absolute Gasteiger partial charge is 0.381 e. The molecule has 0 bridgehead atoms. The number of aromatic nitrogens is 2. The fourth-order valence-corrected chi connectivity index (χ4v) is 5.87. The molecule has 1 N–H and O–H groups in total. The number of sulfone groups is 1. The van der Waals surface area contributed by atoms with Crippen molar-refractivity contribution in [1.82, 2.24) is 14.7 Å². The number of nitrogens with one attached hydrogen (secondary N) is 1.